The predicted octanol–water partition coefficient (Wildman–Crippen LogP) is 1.50. The molecule has 27 heavy (non-hydrogen) atoms. The predicted molar refractivity (Wildman–Crippen MR) is 101 cm³/mol. The molecule has 6 atom stereocenters. The summed E-state index contributed by atoms with van der Waals surface area (Å²) in [5.74, 6) is 0.321. The highest BCUT2D eigenvalue weighted by atomic mass is 32.2. The maximum absolute atomic E-state index is 14.1. The van der Waals surface area contributed by atoms with Crippen LogP contribution in [0.1, 0.15) is 24.5 Å². The van der Waals surface area contributed by atoms with Gasteiger partial charge in [0.1, 0.15) is 23.2 Å². The summed E-state index contributed by atoms with van der Waals surface area (Å²) >= 11 is 2.01. The molecule has 5 unspecified atom stereocenters. The second-order valence-corrected chi connectivity index (χ2v) is 9.27. The molecule has 4 fully saturated rings. The average Bonchev–Trinajstić information content (AvgIpc) is 3.22. The van der Waals surface area contributed by atoms with E-state index in [0.717, 1.165) is 31.6 Å². The van der Waals surface area contributed by atoms with Gasteiger partial charge >= 0.3 is 0 Å². The van der Waals surface area contributed by atoms with Crippen LogP contribution in [0.4, 0.5) is 8.78 Å². The number of fused-ring (bicyclic) bond motifs is 3. The number of benzene rings is 1. The molecule has 0 aromatic heterocycles. The van der Waals surface area contributed by atoms with Gasteiger partial charge in [-0.2, -0.15) is 0 Å². The second-order valence-electron chi connectivity index (χ2n) is 8.08. The highest BCUT2D eigenvalue weighted by Gasteiger charge is 2.49. The summed E-state index contributed by atoms with van der Waals surface area (Å²) < 4.78 is 33.6. The Bertz CT molecular complexity index is 710. The van der Waals surface area contributed by atoms with E-state index in [1.54, 1.807) is 0 Å². The van der Waals surface area contributed by atoms with Crippen LogP contribution in [0.25, 0.3) is 0 Å². The van der Waals surface area contributed by atoms with Crippen LogP contribution in [-0.4, -0.2) is 71.5 Å². The zero-order valence-corrected chi connectivity index (χ0v) is 16.0. The number of nitrogens with one attached hydrogen (secondary N) is 1. The molecule has 0 saturated carbocycles. The smallest absolute Gasteiger partial charge is 0.129 e. The first kappa shape index (κ1) is 18.3. The zero-order chi connectivity index (χ0) is 18.5. The molecule has 0 amide bonds. The Balaban J connectivity index is 1.24. The molecule has 0 radical (unpaired) electrons. The molecule has 4 aliphatic rings. The zero-order valence-electron chi connectivity index (χ0n) is 15.2. The van der Waals surface area contributed by atoms with Gasteiger partial charge in [0.2, 0.25) is 0 Å². The molecule has 3 N–H and O–H groups in total. The number of hydrogen-bond donors (Lipinski definition) is 2. The lowest BCUT2D eigenvalue weighted by atomic mass is 9.93. The van der Waals surface area contributed by atoms with Crippen molar-refractivity contribution in [3.8, 4) is 0 Å². The van der Waals surface area contributed by atoms with Gasteiger partial charge in [0, 0.05) is 49.4 Å². The number of thioether (sulfide) groups is 1. The lowest BCUT2D eigenvalue weighted by Gasteiger charge is -2.40. The standard InChI is InChI=1S/C19H26F2N4OS/c20-11-2-3-14(21)13(6-11)18-15(22)7-12(10-26-18)24-8-16-17(9-24)25-4-1-5-27-19(25)23-16/h2-3,6,12,15-19,23H,1,4-5,7-10,22H2/t12?,15?,16?,17?,18-,19?/m1/s1. The fourth-order valence-corrected chi connectivity index (χ4v) is 6.33. The molecule has 148 valence electrons. The topological polar surface area (TPSA) is 53.8 Å². The van der Waals surface area contributed by atoms with Gasteiger partial charge in [-0.15, -0.1) is 11.8 Å². The molecule has 5 nitrogen and oxygen atoms in total. The summed E-state index contributed by atoms with van der Waals surface area (Å²) in [5, 5.41) is 3.77. The summed E-state index contributed by atoms with van der Waals surface area (Å²) in [6.45, 7) is 3.69. The fourth-order valence-electron chi connectivity index (χ4n) is 5.09. The third-order valence-electron chi connectivity index (χ3n) is 6.42. The van der Waals surface area contributed by atoms with Crippen LogP contribution in [0.5, 0.6) is 0 Å². The normalized spacial score (nSPS) is 40.1. The third-order valence-corrected chi connectivity index (χ3v) is 7.67. The van der Waals surface area contributed by atoms with Crippen LogP contribution in [0, 0.1) is 11.6 Å². The van der Waals surface area contributed by atoms with Crippen molar-refractivity contribution in [2.75, 3.05) is 32.0 Å². The molecular formula is C19H26F2N4OS. The third kappa shape index (κ3) is 3.30. The van der Waals surface area contributed by atoms with Crippen LogP contribution >= 0.6 is 11.8 Å². The number of hydrogen-bond acceptors (Lipinski definition) is 6. The highest BCUT2D eigenvalue weighted by Crippen LogP contribution is 2.36. The molecule has 4 aliphatic heterocycles. The quantitative estimate of drug-likeness (QED) is 0.790. The van der Waals surface area contributed by atoms with Gasteiger partial charge in [-0.05, 0) is 36.8 Å². The van der Waals surface area contributed by atoms with Gasteiger partial charge in [0.05, 0.1) is 6.61 Å². The maximum atomic E-state index is 14.1. The van der Waals surface area contributed by atoms with Gasteiger partial charge in [-0.3, -0.25) is 15.1 Å². The Hall–Kier alpha value is -0.770. The molecule has 1 aromatic rings. The molecule has 0 bridgehead atoms. The van der Waals surface area contributed by atoms with Gasteiger partial charge in [0.25, 0.3) is 0 Å². The first-order chi connectivity index (χ1) is 13.1. The lowest BCUT2D eigenvalue weighted by Crippen LogP contribution is -2.51. The monoisotopic (exact) mass is 396 g/mol. The van der Waals surface area contributed by atoms with Crippen molar-refractivity contribution < 1.29 is 13.5 Å². The molecule has 0 spiro atoms. The van der Waals surface area contributed by atoms with Crippen LogP contribution < -0.4 is 11.1 Å². The van der Waals surface area contributed by atoms with Gasteiger partial charge in [0.15, 0.2) is 0 Å². The van der Waals surface area contributed by atoms with Gasteiger partial charge < -0.3 is 10.5 Å². The molecule has 5 rings (SSSR count). The molecular weight excluding hydrogens is 370 g/mol. The van der Waals surface area contributed by atoms with Gasteiger partial charge in [-0.25, -0.2) is 8.78 Å². The van der Waals surface area contributed by atoms with Crippen LogP contribution in [0.2, 0.25) is 0 Å². The molecule has 1 aromatic carbocycles. The number of likely N-dealkylation sites (tertiary alicyclic amines) is 1. The molecule has 4 heterocycles. The van der Waals surface area contributed by atoms with E-state index in [9.17, 15) is 8.78 Å². The minimum absolute atomic E-state index is 0.231. The first-order valence-electron chi connectivity index (χ1n) is 9.80. The van der Waals surface area contributed by atoms with E-state index < -0.39 is 17.7 Å². The number of rotatable bonds is 2. The van der Waals surface area contributed by atoms with Crippen LogP contribution in [-0.2, 0) is 4.74 Å². The Kier molecular flexibility index (Phi) is 4.90. The fraction of sp³-hybridized carbons (Fsp3) is 0.684. The molecule has 0 aliphatic carbocycles. The largest absolute Gasteiger partial charge is 0.370 e. The van der Waals surface area contributed by atoms with E-state index in [-0.39, 0.29) is 17.6 Å². The van der Waals surface area contributed by atoms with E-state index in [1.807, 2.05) is 11.8 Å². The van der Waals surface area contributed by atoms with Gasteiger partial charge in [-0.1, -0.05) is 0 Å². The summed E-state index contributed by atoms with van der Waals surface area (Å²) in [4.78, 5) is 5.07. The minimum atomic E-state index is -0.583. The van der Waals surface area contributed by atoms with Crippen molar-refractivity contribution in [1.29, 1.82) is 0 Å². The van der Waals surface area contributed by atoms with E-state index in [2.05, 4.69) is 15.1 Å². The van der Waals surface area contributed by atoms with E-state index in [4.69, 9.17) is 10.5 Å². The van der Waals surface area contributed by atoms with Crippen LogP contribution in [0.15, 0.2) is 18.2 Å². The molecule has 4 saturated heterocycles. The number of halogens is 2. The number of nitrogens with two attached hydrogens (primary N) is 1. The number of nitrogens with zero attached hydrogens (tertiary/aromatic N) is 2. The highest BCUT2D eigenvalue weighted by molar-refractivity contribution is 7.99. The Labute approximate surface area is 162 Å². The van der Waals surface area contributed by atoms with Crippen molar-refractivity contribution >= 4 is 11.8 Å². The Morgan fingerprint density at radius 3 is 3.00 bits per heavy atom. The summed E-state index contributed by atoms with van der Waals surface area (Å²) in [6, 6.07) is 4.42. The van der Waals surface area contributed by atoms with E-state index in [0.29, 0.717) is 24.2 Å². The Morgan fingerprint density at radius 2 is 2.15 bits per heavy atom. The van der Waals surface area contributed by atoms with E-state index in [1.165, 1.54) is 24.8 Å². The average molecular weight is 397 g/mol. The van der Waals surface area contributed by atoms with Crippen molar-refractivity contribution in [2.24, 2.45) is 5.73 Å². The summed E-state index contributed by atoms with van der Waals surface area (Å²) in [6.07, 6.45) is 1.41. The SMILES string of the molecule is NC1CC(N2CC3NC4SCCCN4C3C2)CO[C@@H]1c1cc(F)ccc1F. The minimum Gasteiger partial charge on any atom is -0.370 e. The molecule has 8 heteroatoms. The van der Waals surface area contributed by atoms with Crippen molar-refractivity contribution in [3.63, 3.8) is 0 Å². The summed E-state index contributed by atoms with van der Waals surface area (Å²) in [7, 11) is 0. The first-order valence-corrected chi connectivity index (χ1v) is 10.8. The second kappa shape index (κ2) is 7.24. The summed E-state index contributed by atoms with van der Waals surface area (Å²) in [5.41, 5.74) is 7.04. The van der Waals surface area contributed by atoms with Crippen LogP contribution in [0.3, 0.4) is 0 Å². The van der Waals surface area contributed by atoms with Crippen molar-refractivity contribution in [2.45, 2.75) is 48.6 Å². The Morgan fingerprint density at radius 1 is 1.26 bits per heavy atom. The van der Waals surface area contributed by atoms with E-state index >= 15 is 0 Å². The lowest BCUT2D eigenvalue weighted by molar-refractivity contribution is -0.0490. The van der Waals surface area contributed by atoms with Crippen molar-refractivity contribution in [3.05, 3.63) is 35.4 Å². The maximum Gasteiger partial charge on any atom is 0.129 e. The van der Waals surface area contributed by atoms with Crippen molar-refractivity contribution in [1.82, 2.24) is 15.1 Å². The number of ether oxygens (including phenoxy) is 1.